The minimum atomic E-state index is -1.13. The van der Waals surface area contributed by atoms with Crippen LogP contribution in [0, 0.1) is 0 Å². The Morgan fingerprint density at radius 2 is 1.81 bits per heavy atom. The van der Waals surface area contributed by atoms with Gasteiger partial charge in [0.15, 0.2) is 0 Å². The van der Waals surface area contributed by atoms with Gasteiger partial charge in [0.2, 0.25) is 0 Å². The van der Waals surface area contributed by atoms with Crippen molar-refractivity contribution in [3.8, 4) is 0 Å². The highest BCUT2D eigenvalue weighted by Gasteiger charge is 2.35. The molecule has 0 bridgehead atoms. The molecule has 0 saturated carbocycles. The first-order valence-corrected chi connectivity index (χ1v) is 6.95. The number of nitrogens with one attached hydrogen (secondary N) is 1. The van der Waals surface area contributed by atoms with E-state index < -0.39 is 35.5 Å². The molecule has 1 atom stereocenters. The second-order valence-corrected chi connectivity index (χ2v) is 5.74. The molecule has 118 valence electrons. The highest BCUT2D eigenvalue weighted by molar-refractivity contribution is 7.80. The van der Waals surface area contributed by atoms with E-state index in [2.05, 4.69) is 17.9 Å². The highest BCUT2D eigenvalue weighted by atomic mass is 32.1. The fourth-order valence-electron chi connectivity index (χ4n) is 1.44. The number of alkyl carbamates (subject to hydrolysis) is 1. The first-order chi connectivity index (χ1) is 9.64. The molecule has 0 aromatic carbocycles. The minimum Gasteiger partial charge on any atom is -0.444 e. The Bertz CT molecular complexity index is 443. The van der Waals surface area contributed by atoms with E-state index in [-0.39, 0.29) is 18.6 Å². The summed E-state index contributed by atoms with van der Waals surface area (Å²) in [6.07, 6.45) is -0.827. The lowest BCUT2D eigenvalue weighted by atomic mass is 10.2. The maximum atomic E-state index is 11.8. The monoisotopic (exact) mass is 318 g/mol. The molecule has 9 heteroatoms. The molecular formula is C12H18N2O6S. The number of nitrogens with zero attached hydrogens (tertiary/aromatic N) is 1. The van der Waals surface area contributed by atoms with Crippen molar-refractivity contribution < 1.29 is 28.8 Å². The lowest BCUT2D eigenvalue weighted by Crippen LogP contribution is -2.47. The molecule has 0 aliphatic carbocycles. The van der Waals surface area contributed by atoms with E-state index in [4.69, 9.17) is 9.57 Å². The van der Waals surface area contributed by atoms with Gasteiger partial charge in [0.1, 0.15) is 11.6 Å². The number of thiol groups is 1. The fourth-order valence-corrected chi connectivity index (χ4v) is 1.68. The van der Waals surface area contributed by atoms with E-state index >= 15 is 0 Å². The Balaban J connectivity index is 2.59. The van der Waals surface area contributed by atoms with Gasteiger partial charge in [-0.2, -0.15) is 12.6 Å². The van der Waals surface area contributed by atoms with Gasteiger partial charge in [0, 0.05) is 18.6 Å². The molecule has 1 saturated heterocycles. The van der Waals surface area contributed by atoms with Crippen molar-refractivity contribution in [2.75, 3.05) is 5.75 Å². The van der Waals surface area contributed by atoms with E-state index in [9.17, 15) is 19.2 Å². The zero-order chi connectivity index (χ0) is 16.2. The molecular weight excluding hydrogens is 300 g/mol. The van der Waals surface area contributed by atoms with E-state index in [1.807, 2.05) is 0 Å². The van der Waals surface area contributed by atoms with E-state index in [1.54, 1.807) is 20.8 Å². The third-order valence-electron chi connectivity index (χ3n) is 2.35. The summed E-state index contributed by atoms with van der Waals surface area (Å²) in [6.45, 7) is 5.01. The van der Waals surface area contributed by atoms with Crippen molar-refractivity contribution in [2.24, 2.45) is 0 Å². The molecule has 0 spiro atoms. The van der Waals surface area contributed by atoms with Crippen LogP contribution in [0.25, 0.3) is 0 Å². The molecule has 0 aromatic rings. The average Bonchev–Trinajstić information content (AvgIpc) is 2.65. The maximum absolute atomic E-state index is 11.8. The van der Waals surface area contributed by atoms with E-state index in [0.717, 1.165) is 0 Å². The molecule has 3 amide bonds. The number of carbonyl (C=O) groups is 4. The molecule has 1 aliphatic rings. The molecule has 1 heterocycles. The van der Waals surface area contributed by atoms with Gasteiger partial charge < -0.3 is 14.9 Å². The fraction of sp³-hybridized carbons (Fsp3) is 0.667. The third kappa shape index (κ3) is 5.25. The van der Waals surface area contributed by atoms with Crippen LogP contribution >= 0.6 is 12.6 Å². The quantitative estimate of drug-likeness (QED) is 0.575. The van der Waals surface area contributed by atoms with Gasteiger partial charge in [-0.1, -0.05) is 0 Å². The summed E-state index contributed by atoms with van der Waals surface area (Å²) in [7, 11) is 0. The standard InChI is InChI=1S/C12H18N2O6S/c1-12(2,3)19-11(18)13-7(6-21)10(17)20-14-8(15)4-5-9(14)16/h7,21H,4-6H2,1-3H3,(H,13,18). The summed E-state index contributed by atoms with van der Waals surface area (Å²) in [5.74, 6) is -2.22. The van der Waals surface area contributed by atoms with Crippen molar-refractivity contribution in [1.82, 2.24) is 10.4 Å². The number of ether oxygens (including phenoxy) is 1. The summed E-state index contributed by atoms with van der Waals surface area (Å²) in [4.78, 5) is 50.8. The number of rotatable bonds is 4. The molecule has 1 fully saturated rings. The van der Waals surface area contributed by atoms with Gasteiger partial charge in [-0.25, -0.2) is 9.59 Å². The van der Waals surface area contributed by atoms with Crippen LogP contribution < -0.4 is 5.32 Å². The molecule has 21 heavy (non-hydrogen) atoms. The number of carbonyl (C=O) groups excluding carboxylic acids is 4. The minimum absolute atomic E-state index is 0.00283. The van der Waals surface area contributed by atoms with Crippen LogP contribution in [0.4, 0.5) is 4.79 Å². The summed E-state index contributed by atoms with van der Waals surface area (Å²) in [5, 5.41) is 2.68. The van der Waals surface area contributed by atoms with Crippen molar-refractivity contribution in [3.05, 3.63) is 0 Å². The maximum Gasteiger partial charge on any atom is 0.408 e. The Morgan fingerprint density at radius 1 is 1.29 bits per heavy atom. The summed E-state index contributed by atoms with van der Waals surface area (Å²) >= 11 is 3.92. The number of hydrogen-bond donors (Lipinski definition) is 2. The van der Waals surface area contributed by atoms with Gasteiger partial charge in [-0.15, -0.1) is 5.06 Å². The predicted octanol–water partition coefficient (Wildman–Crippen LogP) is 0.417. The largest absolute Gasteiger partial charge is 0.444 e. The smallest absolute Gasteiger partial charge is 0.408 e. The van der Waals surface area contributed by atoms with Gasteiger partial charge in [0.05, 0.1) is 0 Å². The predicted molar refractivity (Wildman–Crippen MR) is 74.2 cm³/mol. The third-order valence-corrected chi connectivity index (χ3v) is 2.71. The van der Waals surface area contributed by atoms with E-state index in [0.29, 0.717) is 5.06 Å². The second-order valence-electron chi connectivity index (χ2n) is 5.37. The highest BCUT2D eigenvalue weighted by Crippen LogP contribution is 2.13. The lowest BCUT2D eigenvalue weighted by molar-refractivity contribution is -0.198. The molecule has 8 nitrogen and oxygen atoms in total. The topological polar surface area (TPSA) is 102 Å². The number of hydroxylamine groups is 2. The van der Waals surface area contributed by atoms with Gasteiger partial charge in [-0.3, -0.25) is 9.59 Å². The SMILES string of the molecule is CC(C)(C)OC(=O)NC(CS)C(=O)ON1C(=O)CCC1=O. The van der Waals surface area contributed by atoms with Crippen molar-refractivity contribution in [1.29, 1.82) is 0 Å². The average molecular weight is 318 g/mol. The molecule has 0 aromatic heterocycles. The lowest BCUT2D eigenvalue weighted by Gasteiger charge is -2.22. The number of hydrogen-bond acceptors (Lipinski definition) is 7. The van der Waals surface area contributed by atoms with Crippen molar-refractivity contribution in [3.63, 3.8) is 0 Å². The second kappa shape index (κ2) is 6.79. The zero-order valence-electron chi connectivity index (χ0n) is 12.0. The zero-order valence-corrected chi connectivity index (χ0v) is 12.9. The first kappa shape index (κ1) is 17.3. The molecule has 1 rings (SSSR count). The van der Waals surface area contributed by atoms with Gasteiger partial charge in [-0.05, 0) is 20.8 Å². The molecule has 1 N–H and O–H groups in total. The van der Waals surface area contributed by atoms with Crippen LogP contribution in [0.2, 0.25) is 0 Å². The first-order valence-electron chi connectivity index (χ1n) is 6.32. The molecule has 1 unspecified atom stereocenters. The van der Waals surface area contributed by atoms with Gasteiger partial charge in [0.25, 0.3) is 11.8 Å². The molecule has 0 radical (unpaired) electrons. The van der Waals surface area contributed by atoms with Crippen LogP contribution in [0.1, 0.15) is 33.6 Å². The Kier molecular flexibility index (Phi) is 5.59. The van der Waals surface area contributed by atoms with Crippen LogP contribution in [0.5, 0.6) is 0 Å². The number of imide groups is 1. The summed E-state index contributed by atoms with van der Waals surface area (Å²) in [5.41, 5.74) is -0.726. The summed E-state index contributed by atoms with van der Waals surface area (Å²) in [6, 6.07) is -1.13. The Hall–Kier alpha value is -1.77. The van der Waals surface area contributed by atoms with Crippen LogP contribution in [-0.2, 0) is 24.0 Å². The van der Waals surface area contributed by atoms with Crippen LogP contribution in [0.15, 0.2) is 0 Å². The normalized spacial score (nSPS) is 16.7. The van der Waals surface area contributed by atoms with Crippen LogP contribution in [0.3, 0.4) is 0 Å². The van der Waals surface area contributed by atoms with Gasteiger partial charge >= 0.3 is 12.1 Å². The Morgan fingerprint density at radius 3 is 2.24 bits per heavy atom. The molecule has 1 aliphatic heterocycles. The van der Waals surface area contributed by atoms with E-state index in [1.165, 1.54) is 0 Å². The number of amides is 3. The Labute approximate surface area is 127 Å². The summed E-state index contributed by atoms with van der Waals surface area (Å²) < 4.78 is 4.99. The van der Waals surface area contributed by atoms with Crippen molar-refractivity contribution in [2.45, 2.75) is 45.3 Å². The van der Waals surface area contributed by atoms with Crippen LogP contribution in [-0.4, -0.2) is 46.3 Å². The van der Waals surface area contributed by atoms with Crippen molar-refractivity contribution >= 4 is 36.5 Å².